The number of carbonyl (C=O) groups is 1. The van der Waals surface area contributed by atoms with Gasteiger partial charge in [-0.15, -0.1) is 0 Å². The smallest absolute Gasteiger partial charge is 0.287 e. The summed E-state index contributed by atoms with van der Waals surface area (Å²) in [7, 11) is 1.65. The molecule has 2 N–H and O–H groups in total. The van der Waals surface area contributed by atoms with Crippen molar-refractivity contribution in [3.05, 3.63) is 84.4 Å². The summed E-state index contributed by atoms with van der Waals surface area (Å²) in [5, 5.41) is 2.85. The summed E-state index contributed by atoms with van der Waals surface area (Å²) in [6.45, 7) is 0.400. The fourth-order valence-corrected chi connectivity index (χ4v) is 2.91. The zero-order valence-electron chi connectivity index (χ0n) is 15.3. The van der Waals surface area contributed by atoms with Crippen LogP contribution in [0.5, 0.6) is 5.75 Å². The third-order valence-electron chi connectivity index (χ3n) is 4.36. The van der Waals surface area contributed by atoms with Crippen LogP contribution in [0.3, 0.4) is 0 Å². The number of nitrogens with zero attached hydrogens (tertiary/aromatic N) is 1. The second kappa shape index (κ2) is 7.84. The molecule has 2 heterocycles. The highest BCUT2D eigenvalue weighted by molar-refractivity contribution is 5.91. The second-order valence-corrected chi connectivity index (χ2v) is 6.24. The normalized spacial score (nSPS) is 10.6. The number of benzene rings is 2. The topological polar surface area (TPSA) is 80.2 Å². The first kappa shape index (κ1) is 17.6. The number of rotatable bonds is 6. The van der Waals surface area contributed by atoms with E-state index in [1.807, 2.05) is 48.5 Å². The van der Waals surface area contributed by atoms with Gasteiger partial charge in [0.15, 0.2) is 5.76 Å². The van der Waals surface area contributed by atoms with Crippen molar-refractivity contribution in [2.45, 2.75) is 6.54 Å². The largest absolute Gasteiger partial charge is 0.497 e. The Labute approximate surface area is 162 Å². The van der Waals surface area contributed by atoms with Gasteiger partial charge in [0.05, 0.1) is 25.3 Å². The van der Waals surface area contributed by atoms with E-state index in [-0.39, 0.29) is 5.91 Å². The van der Waals surface area contributed by atoms with Gasteiger partial charge in [0.2, 0.25) is 0 Å². The molecule has 4 rings (SSSR count). The molecular weight excluding hydrogens is 354 g/mol. The van der Waals surface area contributed by atoms with E-state index in [1.54, 1.807) is 25.4 Å². The number of furan rings is 1. The van der Waals surface area contributed by atoms with Gasteiger partial charge in [-0.05, 0) is 35.9 Å². The van der Waals surface area contributed by atoms with Crippen LogP contribution < -0.4 is 10.1 Å². The molecule has 28 heavy (non-hydrogen) atoms. The maximum atomic E-state index is 12.0. The maximum absolute atomic E-state index is 12.0. The Morgan fingerprint density at radius 1 is 1.11 bits per heavy atom. The SMILES string of the molecule is COc1cccc(-c2cnc(-c3cccc(CNC(=O)c4ccco4)c3)[nH]2)c1. The van der Waals surface area contributed by atoms with Gasteiger partial charge in [0.1, 0.15) is 11.6 Å². The van der Waals surface area contributed by atoms with E-state index in [1.165, 1.54) is 6.26 Å². The Bertz CT molecular complexity index is 1080. The van der Waals surface area contributed by atoms with Gasteiger partial charge in [-0.2, -0.15) is 0 Å². The Balaban J connectivity index is 1.50. The molecule has 1 amide bonds. The van der Waals surface area contributed by atoms with Gasteiger partial charge < -0.3 is 19.5 Å². The third-order valence-corrected chi connectivity index (χ3v) is 4.36. The molecule has 2 aromatic heterocycles. The molecule has 0 bridgehead atoms. The number of aromatic amines is 1. The minimum Gasteiger partial charge on any atom is -0.497 e. The average molecular weight is 373 g/mol. The van der Waals surface area contributed by atoms with Crippen molar-refractivity contribution in [1.29, 1.82) is 0 Å². The average Bonchev–Trinajstić information content (AvgIpc) is 3.44. The fourth-order valence-electron chi connectivity index (χ4n) is 2.91. The molecule has 6 heteroatoms. The number of aromatic nitrogens is 2. The van der Waals surface area contributed by atoms with Crippen LogP contribution in [0.25, 0.3) is 22.6 Å². The van der Waals surface area contributed by atoms with Gasteiger partial charge in [-0.25, -0.2) is 4.98 Å². The first-order chi connectivity index (χ1) is 13.7. The number of methoxy groups -OCH3 is 1. The summed E-state index contributed by atoms with van der Waals surface area (Å²) in [5.74, 6) is 1.61. The van der Waals surface area contributed by atoms with Crippen molar-refractivity contribution >= 4 is 5.91 Å². The van der Waals surface area contributed by atoms with Gasteiger partial charge in [-0.1, -0.05) is 30.3 Å². The molecule has 0 aliphatic heterocycles. The van der Waals surface area contributed by atoms with E-state index in [4.69, 9.17) is 9.15 Å². The lowest BCUT2D eigenvalue weighted by atomic mass is 10.1. The number of nitrogens with one attached hydrogen (secondary N) is 2. The molecule has 0 fully saturated rings. The Morgan fingerprint density at radius 3 is 2.79 bits per heavy atom. The lowest BCUT2D eigenvalue weighted by Gasteiger charge is -2.05. The van der Waals surface area contributed by atoms with Crippen molar-refractivity contribution in [2.75, 3.05) is 7.11 Å². The lowest BCUT2D eigenvalue weighted by molar-refractivity contribution is 0.0923. The number of H-pyrrole nitrogens is 1. The highest BCUT2D eigenvalue weighted by Gasteiger charge is 2.10. The van der Waals surface area contributed by atoms with Crippen LogP contribution in [-0.4, -0.2) is 23.0 Å². The van der Waals surface area contributed by atoms with Gasteiger partial charge in [0.25, 0.3) is 5.91 Å². The van der Waals surface area contributed by atoms with Crippen LogP contribution in [0.2, 0.25) is 0 Å². The minimum absolute atomic E-state index is 0.242. The van der Waals surface area contributed by atoms with E-state index < -0.39 is 0 Å². The number of hydrogen-bond donors (Lipinski definition) is 2. The minimum atomic E-state index is -0.242. The van der Waals surface area contributed by atoms with Crippen molar-refractivity contribution in [1.82, 2.24) is 15.3 Å². The van der Waals surface area contributed by atoms with Gasteiger partial charge in [0, 0.05) is 17.7 Å². The Hall–Kier alpha value is -3.80. The first-order valence-electron chi connectivity index (χ1n) is 8.83. The van der Waals surface area contributed by atoms with Crippen LogP contribution in [0, 0.1) is 0 Å². The summed E-state index contributed by atoms with van der Waals surface area (Å²) in [6, 6.07) is 19.0. The van der Waals surface area contributed by atoms with Gasteiger partial charge >= 0.3 is 0 Å². The molecule has 0 aliphatic carbocycles. The molecule has 0 saturated heterocycles. The predicted molar refractivity (Wildman–Crippen MR) is 106 cm³/mol. The number of carbonyl (C=O) groups excluding carboxylic acids is 1. The number of imidazole rings is 1. The van der Waals surface area contributed by atoms with Crippen molar-refractivity contribution in [3.8, 4) is 28.4 Å². The van der Waals surface area contributed by atoms with Crippen molar-refractivity contribution in [2.24, 2.45) is 0 Å². The number of hydrogen-bond acceptors (Lipinski definition) is 4. The number of ether oxygens (including phenoxy) is 1. The fraction of sp³-hybridized carbons (Fsp3) is 0.0909. The predicted octanol–water partition coefficient (Wildman–Crippen LogP) is 4.28. The molecule has 0 saturated carbocycles. The molecule has 0 spiro atoms. The van der Waals surface area contributed by atoms with Crippen molar-refractivity contribution < 1.29 is 13.9 Å². The van der Waals surface area contributed by atoms with E-state index in [0.717, 1.165) is 34.0 Å². The van der Waals surface area contributed by atoms with Crippen LogP contribution in [-0.2, 0) is 6.54 Å². The van der Waals surface area contributed by atoms with E-state index in [0.29, 0.717) is 12.3 Å². The van der Waals surface area contributed by atoms with Crippen LogP contribution >= 0.6 is 0 Å². The molecule has 2 aromatic carbocycles. The van der Waals surface area contributed by atoms with Crippen LogP contribution in [0.15, 0.2) is 77.5 Å². The zero-order chi connectivity index (χ0) is 19.3. The molecule has 140 valence electrons. The molecule has 6 nitrogen and oxygen atoms in total. The monoisotopic (exact) mass is 373 g/mol. The molecular formula is C22H19N3O3. The second-order valence-electron chi connectivity index (χ2n) is 6.24. The summed E-state index contributed by atoms with van der Waals surface area (Å²) in [6.07, 6.45) is 3.28. The summed E-state index contributed by atoms with van der Waals surface area (Å²) >= 11 is 0. The maximum Gasteiger partial charge on any atom is 0.287 e. The number of amides is 1. The van der Waals surface area contributed by atoms with E-state index in [9.17, 15) is 4.79 Å². The standard InChI is InChI=1S/C22H19N3O3/c1-27-18-8-3-6-16(12-18)19-14-23-21(25-19)17-7-2-5-15(11-17)13-24-22(26)20-9-4-10-28-20/h2-12,14H,13H2,1H3,(H,23,25)(H,24,26). The first-order valence-corrected chi connectivity index (χ1v) is 8.83. The highest BCUT2D eigenvalue weighted by Crippen LogP contribution is 2.25. The summed E-state index contributed by atoms with van der Waals surface area (Å²) in [5.41, 5.74) is 3.82. The Morgan fingerprint density at radius 2 is 1.96 bits per heavy atom. The lowest BCUT2D eigenvalue weighted by Crippen LogP contribution is -2.22. The van der Waals surface area contributed by atoms with Crippen molar-refractivity contribution in [3.63, 3.8) is 0 Å². The van der Waals surface area contributed by atoms with E-state index in [2.05, 4.69) is 15.3 Å². The molecule has 0 radical (unpaired) electrons. The Kier molecular flexibility index (Phi) is 4.93. The van der Waals surface area contributed by atoms with Crippen LogP contribution in [0.1, 0.15) is 16.1 Å². The van der Waals surface area contributed by atoms with Gasteiger partial charge in [-0.3, -0.25) is 4.79 Å². The molecule has 0 aliphatic rings. The summed E-state index contributed by atoms with van der Waals surface area (Å²) < 4.78 is 10.4. The van der Waals surface area contributed by atoms with Crippen LogP contribution in [0.4, 0.5) is 0 Å². The quantitative estimate of drug-likeness (QED) is 0.529. The molecule has 0 unspecified atom stereocenters. The highest BCUT2D eigenvalue weighted by atomic mass is 16.5. The molecule has 0 atom stereocenters. The van der Waals surface area contributed by atoms with E-state index >= 15 is 0 Å². The third kappa shape index (κ3) is 3.81. The molecule has 4 aromatic rings. The summed E-state index contributed by atoms with van der Waals surface area (Å²) in [4.78, 5) is 19.9. The zero-order valence-corrected chi connectivity index (χ0v) is 15.3.